The average molecular weight is 422 g/mol. The van der Waals surface area contributed by atoms with Crippen molar-refractivity contribution in [2.75, 3.05) is 33.9 Å². The third kappa shape index (κ3) is 4.87. The van der Waals surface area contributed by atoms with Crippen LogP contribution in [0.5, 0.6) is 11.5 Å². The summed E-state index contributed by atoms with van der Waals surface area (Å²) in [5, 5.41) is 13.6. The van der Waals surface area contributed by atoms with Gasteiger partial charge in [0.1, 0.15) is 11.8 Å². The van der Waals surface area contributed by atoms with Crippen molar-refractivity contribution in [3.63, 3.8) is 0 Å². The molecule has 8 heteroatoms. The normalized spacial score (nSPS) is 26.4. The number of hydrogen-bond acceptors (Lipinski definition) is 7. The van der Waals surface area contributed by atoms with Gasteiger partial charge in [-0.2, -0.15) is 0 Å². The van der Waals surface area contributed by atoms with Crippen molar-refractivity contribution in [1.82, 2.24) is 15.2 Å². The first-order valence-corrected chi connectivity index (χ1v) is 10.8. The van der Waals surface area contributed by atoms with Crippen molar-refractivity contribution in [2.24, 2.45) is 0 Å². The Labute approximate surface area is 178 Å². The Morgan fingerprint density at radius 3 is 2.73 bits per heavy atom. The van der Waals surface area contributed by atoms with Crippen molar-refractivity contribution in [1.29, 1.82) is 0 Å². The van der Waals surface area contributed by atoms with Crippen LogP contribution in [0.2, 0.25) is 0 Å². The number of aromatic nitrogens is 1. The van der Waals surface area contributed by atoms with E-state index in [1.807, 2.05) is 13.8 Å². The van der Waals surface area contributed by atoms with Crippen LogP contribution in [0, 0.1) is 0 Å². The van der Waals surface area contributed by atoms with Crippen molar-refractivity contribution in [2.45, 2.75) is 69.7 Å². The summed E-state index contributed by atoms with van der Waals surface area (Å²) in [6.45, 7) is 6.52. The van der Waals surface area contributed by atoms with E-state index in [1.165, 1.54) is 0 Å². The topological polar surface area (TPSA) is 93.2 Å². The first kappa shape index (κ1) is 22.8. The van der Waals surface area contributed by atoms with Crippen LogP contribution >= 0.6 is 0 Å². The number of carbonyl (C=O) groups is 1. The number of likely N-dealkylation sites (tertiary alicyclic amines) is 1. The molecule has 0 aliphatic carbocycles. The molecule has 0 unspecified atom stereocenters. The van der Waals surface area contributed by atoms with E-state index in [1.54, 1.807) is 26.5 Å². The lowest BCUT2D eigenvalue weighted by Gasteiger charge is -2.52. The number of amides is 1. The zero-order chi connectivity index (χ0) is 21.8. The number of rotatable bonds is 7. The van der Waals surface area contributed by atoms with E-state index in [4.69, 9.17) is 14.2 Å². The maximum Gasteiger partial charge on any atom is 0.220 e. The molecule has 2 saturated heterocycles. The first-order chi connectivity index (χ1) is 14.3. The summed E-state index contributed by atoms with van der Waals surface area (Å²) in [4.78, 5) is 19.0. The zero-order valence-corrected chi connectivity index (χ0v) is 18.6. The fraction of sp³-hybridized carbons (Fsp3) is 0.727. The molecule has 2 fully saturated rings. The highest BCUT2D eigenvalue weighted by atomic mass is 16.5. The van der Waals surface area contributed by atoms with Gasteiger partial charge in [0.2, 0.25) is 5.91 Å². The number of nitrogens with zero attached hydrogens (tertiary/aromatic N) is 2. The van der Waals surface area contributed by atoms with Gasteiger partial charge in [-0.25, -0.2) is 0 Å². The fourth-order valence-corrected chi connectivity index (χ4v) is 4.63. The van der Waals surface area contributed by atoms with Crippen molar-refractivity contribution in [3.05, 3.63) is 18.0 Å². The molecule has 30 heavy (non-hydrogen) atoms. The van der Waals surface area contributed by atoms with Crippen LogP contribution in [-0.2, 0) is 16.1 Å². The Hall–Kier alpha value is -1.90. The van der Waals surface area contributed by atoms with Gasteiger partial charge in [-0.05, 0) is 26.2 Å². The molecule has 2 aliphatic rings. The molecule has 8 nitrogen and oxygen atoms in total. The highest BCUT2D eigenvalue weighted by molar-refractivity contribution is 5.76. The summed E-state index contributed by atoms with van der Waals surface area (Å²) in [5.74, 6) is 1.34. The van der Waals surface area contributed by atoms with Gasteiger partial charge in [-0.3, -0.25) is 14.7 Å². The smallest absolute Gasteiger partial charge is 0.220 e. The molecule has 168 valence electrons. The highest BCUT2D eigenvalue weighted by Gasteiger charge is 2.50. The van der Waals surface area contributed by atoms with E-state index in [-0.39, 0.29) is 18.1 Å². The average Bonchev–Trinajstić information content (AvgIpc) is 2.72. The van der Waals surface area contributed by atoms with Gasteiger partial charge in [0.25, 0.3) is 0 Å². The first-order valence-electron chi connectivity index (χ1n) is 10.8. The van der Waals surface area contributed by atoms with Gasteiger partial charge in [0.05, 0.1) is 32.0 Å². The molecule has 3 rings (SSSR count). The molecule has 0 aromatic carbocycles. The van der Waals surface area contributed by atoms with E-state index in [0.29, 0.717) is 30.9 Å². The quantitative estimate of drug-likeness (QED) is 0.694. The standard InChI is InChI=1S/C22H35N3O5/c1-5-6-19(27)24-21(2)15-22(30-14-18(21)26)8-11-25(12-9-22)13-16-20(29-4)17(28-3)7-10-23-16/h7,10,18,26H,5-6,8-9,11-15H2,1-4H3,(H,24,27)/t18-,21-/m1/s1. The number of aliphatic hydroxyl groups excluding tert-OH is 1. The molecule has 2 N–H and O–H groups in total. The Balaban J connectivity index is 1.64. The van der Waals surface area contributed by atoms with Crippen LogP contribution in [0.15, 0.2) is 12.3 Å². The third-order valence-electron chi connectivity index (χ3n) is 6.38. The van der Waals surface area contributed by atoms with Gasteiger partial charge in [-0.1, -0.05) is 6.92 Å². The minimum atomic E-state index is -0.702. The number of carbonyl (C=O) groups excluding carboxylic acids is 1. The molecule has 1 aromatic rings. The molecule has 0 saturated carbocycles. The van der Waals surface area contributed by atoms with Crippen LogP contribution in [0.1, 0.15) is 51.6 Å². The second-order valence-corrected chi connectivity index (χ2v) is 8.67. The third-order valence-corrected chi connectivity index (χ3v) is 6.38. The number of methoxy groups -OCH3 is 2. The molecule has 1 aromatic heterocycles. The summed E-state index contributed by atoms with van der Waals surface area (Å²) in [6.07, 6.45) is 4.59. The van der Waals surface area contributed by atoms with Crippen LogP contribution in [0.3, 0.4) is 0 Å². The second-order valence-electron chi connectivity index (χ2n) is 8.67. The lowest BCUT2D eigenvalue weighted by Crippen LogP contribution is -2.65. The Morgan fingerprint density at radius 2 is 2.10 bits per heavy atom. The number of piperidine rings is 1. The Bertz CT molecular complexity index is 735. The van der Waals surface area contributed by atoms with Gasteiger partial charge in [0, 0.05) is 44.7 Å². The summed E-state index contributed by atoms with van der Waals surface area (Å²) < 4.78 is 17.0. The molecule has 2 aliphatic heterocycles. The summed E-state index contributed by atoms with van der Waals surface area (Å²) in [7, 11) is 3.25. The molecular weight excluding hydrogens is 386 g/mol. The van der Waals surface area contributed by atoms with Crippen LogP contribution in [-0.4, -0.2) is 72.1 Å². The van der Waals surface area contributed by atoms with Crippen LogP contribution < -0.4 is 14.8 Å². The van der Waals surface area contributed by atoms with E-state index in [0.717, 1.165) is 38.0 Å². The van der Waals surface area contributed by atoms with Crippen LogP contribution in [0.25, 0.3) is 0 Å². The highest BCUT2D eigenvalue weighted by Crippen LogP contribution is 2.40. The Morgan fingerprint density at radius 1 is 1.37 bits per heavy atom. The minimum Gasteiger partial charge on any atom is -0.493 e. The number of ether oxygens (including phenoxy) is 3. The lowest BCUT2D eigenvalue weighted by molar-refractivity contribution is -0.181. The van der Waals surface area contributed by atoms with Gasteiger partial charge in [-0.15, -0.1) is 0 Å². The molecule has 1 amide bonds. The predicted molar refractivity (Wildman–Crippen MR) is 113 cm³/mol. The molecule has 0 bridgehead atoms. The van der Waals surface area contributed by atoms with Gasteiger partial charge >= 0.3 is 0 Å². The maximum atomic E-state index is 12.2. The Kier molecular flexibility index (Phi) is 7.21. The number of hydrogen-bond donors (Lipinski definition) is 2. The van der Waals surface area contributed by atoms with E-state index < -0.39 is 11.6 Å². The van der Waals surface area contributed by atoms with E-state index >= 15 is 0 Å². The number of pyridine rings is 1. The summed E-state index contributed by atoms with van der Waals surface area (Å²) in [6, 6.07) is 1.79. The molecule has 0 radical (unpaired) electrons. The number of aliphatic hydroxyl groups is 1. The van der Waals surface area contributed by atoms with Crippen molar-refractivity contribution in [3.8, 4) is 11.5 Å². The summed E-state index contributed by atoms with van der Waals surface area (Å²) in [5.41, 5.74) is -0.135. The summed E-state index contributed by atoms with van der Waals surface area (Å²) >= 11 is 0. The maximum absolute atomic E-state index is 12.2. The minimum absolute atomic E-state index is 0.00951. The molecule has 1 spiro atoms. The lowest BCUT2D eigenvalue weighted by atomic mass is 9.74. The number of nitrogens with one attached hydrogen (secondary N) is 1. The molecular formula is C22H35N3O5. The fourth-order valence-electron chi connectivity index (χ4n) is 4.63. The van der Waals surface area contributed by atoms with Crippen LogP contribution in [0.4, 0.5) is 0 Å². The monoisotopic (exact) mass is 421 g/mol. The predicted octanol–water partition coefficient (Wildman–Crippen LogP) is 1.89. The van der Waals surface area contributed by atoms with Gasteiger partial charge in [0.15, 0.2) is 11.5 Å². The van der Waals surface area contributed by atoms with Crippen molar-refractivity contribution < 1.29 is 24.1 Å². The largest absolute Gasteiger partial charge is 0.493 e. The SMILES string of the molecule is CCCC(=O)N[C@]1(C)CC2(CCN(Cc3nccc(OC)c3OC)CC2)OC[C@H]1O. The molecule has 3 heterocycles. The van der Waals surface area contributed by atoms with Gasteiger partial charge < -0.3 is 24.6 Å². The second kappa shape index (κ2) is 9.49. The zero-order valence-electron chi connectivity index (χ0n) is 18.6. The van der Waals surface area contributed by atoms with E-state index in [2.05, 4.69) is 15.2 Å². The van der Waals surface area contributed by atoms with E-state index in [9.17, 15) is 9.90 Å². The molecule has 2 atom stereocenters. The van der Waals surface area contributed by atoms with Crippen molar-refractivity contribution >= 4 is 5.91 Å².